The highest BCUT2D eigenvalue weighted by atomic mass is 35.5. The summed E-state index contributed by atoms with van der Waals surface area (Å²) in [6, 6.07) is 8.86. The highest BCUT2D eigenvalue weighted by molar-refractivity contribution is 7.89. The minimum atomic E-state index is -4.63. The number of sulfonamides is 1. The average molecular weight is 536 g/mol. The summed E-state index contributed by atoms with van der Waals surface area (Å²) in [5.41, 5.74) is 2.94. The third kappa shape index (κ3) is 5.09. The Hall–Kier alpha value is -3.02. The Bertz CT molecular complexity index is 1400. The van der Waals surface area contributed by atoms with Gasteiger partial charge in [0.2, 0.25) is 10.0 Å². The minimum absolute atomic E-state index is 0.300. The van der Waals surface area contributed by atoms with Gasteiger partial charge >= 0.3 is 6.18 Å². The average Bonchev–Trinajstić information content (AvgIpc) is 3.29. The van der Waals surface area contributed by atoms with Crippen LogP contribution in [0.3, 0.4) is 0 Å². The molecular formula is C24H21ClF3N5O2S. The second-order valence-electron chi connectivity index (χ2n) is 8.67. The fraction of sp³-hybridized carbons (Fsp3) is 0.292. The van der Waals surface area contributed by atoms with Crippen molar-refractivity contribution in [1.82, 2.24) is 19.7 Å². The summed E-state index contributed by atoms with van der Waals surface area (Å²) in [6.45, 7) is 1.12. The van der Waals surface area contributed by atoms with Crippen LogP contribution in [0.5, 0.6) is 0 Å². The third-order valence-corrected chi connectivity index (χ3v) is 8.05. The molecule has 1 aliphatic heterocycles. The number of benzene rings is 1. The molecule has 7 nitrogen and oxygen atoms in total. The van der Waals surface area contributed by atoms with Crippen LogP contribution >= 0.6 is 11.6 Å². The van der Waals surface area contributed by atoms with Crippen molar-refractivity contribution in [1.29, 1.82) is 0 Å². The van der Waals surface area contributed by atoms with E-state index in [1.807, 2.05) is 24.3 Å². The van der Waals surface area contributed by atoms with E-state index in [1.165, 1.54) is 0 Å². The molecule has 5 rings (SSSR count). The molecule has 12 heteroatoms. The standard InChI is InChI=1S/C24H21ClF3N5O2S/c25-17-3-1-15(2-4-17)16-11-20-21(12-16)30-14-31-23(20)33-9-7-18(8-10-33)32-36(34,35)19-5-6-22(29-13-19)24(26,27)28/h1-6,11,13-14,18,32H,7-10,12H2. The molecule has 0 spiro atoms. The van der Waals surface area contributed by atoms with Crippen LogP contribution in [0.4, 0.5) is 19.0 Å². The second-order valence-corrected chi connectivity index (χ2v) is 10.8. The predicted octanol–water partition coefficient (Wildman–Crippen LogP) is 4.59. The first-order valence-corrected chi connectivity index (χ1v) is 13.1. The van der Waals surface area contributed by atoms with E-state index in [-0.39, 0.29) is 10.9 Å². The summed E-state index contributed by atoms with van der Waals surface area (Å²) in [4.78, 5) is 14.0. The first kappa shape index (κ1) is 24.7. The number of aromatic nitrogens is 3. The number of allylic oxidation sites excluding steroid dienone is 1. The van der Waals surface area contributed by atoms with E-state index in [1.54, 1.807) is 6.33 Å². The maximum absolute atomic E-state index is 12.7. The lowest BCUT2D eigenvalue weighted by molar-refractivity contribution is -0.141. The molecule has 0 unspecified atom stereocenters. The zero-order chi connectivity index (χ0) is 25.5. The number of rotatable bonds is 5. The topological polar surface area (TPSA) is 88.1 Å². The van der Waals surface area contributed by atoms with E-state index in [2.05, 4.69) is 30.6 Å². The smallest absolute Gasteiger partial charge is 0.356 e. The van der Waals surface area contributed by atoms with Gasteiger partial charge in [0.1, 0.15) is 22.7 Å². The Morgan fingerprint density at radius 2 is 1.72 bits per heavy atom. The number of pyridine rings is 1. The van der Waals surface area contributed by atoms with Crippen molar-refractivity contribution in [2.45, 2.75) is 36.4 Å². The number of nitrogens with zero attached hydrogens (tertiary/aromatic N) is 4. The predicted molar refractivity (Wildman–Crippen MR) is 130 cm³/mol. The molecule has 0 amide bonds. The maximum Gasteiger partial charge on any atom is 0.433 e. The zero-order valence-electron chi connectivity index (χ0n) is 18.8. The number of nitrogens with one attached hydrogen (secondary N) is 1. The van der Waals surface area contributed by atoms with Gasteiger partial charge in [-0.15, -0.1) is 0 Å². The van der Waals surface area contributed by atoms with E-state index in [9.17, 15) is 21.6 Å². The van der Waals surface area contributed by atoms with E-state index >= 15 is 0 Å². The van der Waals surface area contributed by atoms with E-state index in [4.69, 9.17) is 11.6 Å². The summed E-state index contributed by atoms with van der Waals surface area (Å²) in [7, 11) is -4.00. The van der Waals surface area contributed by atoms with Gasteiger partial charge in [-0.25, -0.2) is 23.1 Å². The van der Waals surface area contributed by atoms with Gasteiger partial charge in [0.05, 0.1) is 5.69 Å². The summed E-state index contributed by atoms with van der Waals surface area (Å²) < 4.78 is 66.1. The quantitative estimate of drug-likeness (QED) is 0.514. The molecule has 1 fully saturated rings. The van der Waals surface area contributed by atoms with Gasteiger partial charge in [-0.05, 0) is 54.3 Å². The molecule has 188 valence electrons. The van der Waals surface area contributed by atoms with Crippen LogP contribution in [0.2, 0.25) is 5.02 Å². The molecule has 0 atom stereocenters. The number of hydrogen-bond donors (Lipinski definition) is 1. The van der Waals surface area contributed by atoms with Gasteiger partial charge in [0.25, 0.3) is 0 Å². The highest BCUT2D eigenvalue weighted by Gasteiger charge is 2.33. The van der Waals surface area contributed by atoms with Crippen LogP contribution in [-0.2, 0) is 22.6 Å². The van der Waals surface area contributed by atoms with Crippen molar-refractivity contribution in [2.24, 2.45) is 0 Å². The van der Waals surface area contributed by atoms with Crippen LogP contribution in [-0.4, -0.2) is 42.5 Å². The number of alkyl halides is 3. The van der Waals surface area contributed by atoms with Crippen LogP contribution < -0.4 is 9.62 Å². The first-order valence-electron chi connectivity index (χ1n) is 11.2. The lowest BCUT2D eigenvalue weighted by Crippen LogP contribution is -2.45. The van der Waals surface area contributed by atoms with Gasteiger partial charge in [-0.1, -0.05) is 23.7 Å². The van der Waals surface area contributed by atoms with Gasteiger partial charge < -0.3 is 4.90 Å². The summed E-state index contributed by atoms with van der Waals surface area (Å²) in [5, 5.41) is 0.670. The molecule has 1 aromatic carbocycles. The van der Waals surface area contributed by atoms with Gasteiger partial charge in [0.15, 0.2) is 0 Å². The fourth-order valence-electron chi connectivity index (χ4n) is 4.42. The van der Waals surface area contributed by atoms with Crippen LogP contribution in [0.15, 0.2) is 53.8 Å². The normalized spacial score (nSPS) is 16.7. The lowest BCUT2D eigenvalue weighted by atomic mass is 10.1. The molecule has 36 heavy (non-hydrogen) atoms. The Kier molecular flexibility index (Phi) is 6.48. The largest absolute Gasteiger partial charge is 0.433 e. The molecule has 3 heterocycles. The number of hydrogen-bond acceptors (Lipinski definition) is 6. The van der Waals surface area contributed by atoms with Gasteiger partial charge in [-0.2, -0.15) is 13.2 Å². The van der Waals surface area contributed by atoms with E-state index < -0.39 is 21.9 Å². The Morgan fingerprint density at radius 3 is 2.36 bits per heavy atom. The van der Waals surface area contributed by atoms with Crippen molar-refractivity contribution in [3.63, 3.8) is 0 Å². The molecule has 1 N–H and O–H groups in total. The molecule has 2 aromatic heterocycles. The van der Waals surface area contributed by atoms with E-state index in [0.717, 1.165) is 40.5 Å². The third-order valence-electron chi connectivity index (χ3n) is 6.29. The second kappa shape index (κ2) is 9.45. The maximum atomic E-state index is 12.7. The number of halogens is 4. The zero-order valence-corrected chi connectivity index (χ0v) is 20.4. The summed E-state index contributed by atoms with van der Waals surface area (Å²) in [6.07, 6.45) is 1.44. The first-order chi connectivity index (χ1) is 17.1. The molecule has 1 aliphatic carbocycles. The molecule has 2 aliphatic rings. The minimum Gasteiger partial charge on any atom is -0.356 e. The van der Waals surface area contributed by atoms with Crippen molar-refractivity contribution in [3.05, 3.63) is 76.5 Å². The molecule has 0 radical (unpaired) electrons. The molecule has 1 saturated heterocycles. The van der Waals surface area contributed by atoms with Crippen molar-refractivity contribution >= 4 is 39.1 Å². The number of anilines is 1. The number of piperidine rings is 1. The monoisotopic (exact) mass is 535 g/mol. The molecular weight excluding hydrogens is 515 g/mol. The van der Waals surface area contributed by atoms with Gasteiger partial charge in [-0.3, -0.25) is 4.98 Å². The van der Waals surface area contributed by atoms with Gasteiger partial charge in [0, 0.05) is 42.3 Å². The molecule has 3 aromatic rings. The SMILES string of the molecule is O=S(=O)(NC1CCN(c2ncnc3c2C=C(c2ccc(Cl)cc2)C3)CC1)c1ccc(C(F)(F)F)nc1. The fourth-order valence-corrected chi connectivity index (χ4v) is 5.80. The number of fused-ring (bicyclic) bond motifs is 1. The summed E-state index contributed by atoms with van der Waals surface area (Å²) in [5.74, 6) is 0.803. The van der Waals surface area contributed by atoms with Crippen LogP contribution in [0, 0.1) is 0 Å². The summed E-state index contributed by atoms with van der Waals surface area (Å²) >= 11 is 6.01. The molecule has 0 bridgehead atoms. The van der Waals surface area contributed by atoms with Crippen molar-refractivity contribution in [3.8, 4) is 0 Å². The Morgan fingerprint density at radius 1 is 1.00 bits per heavy atom. The van der Waals surface area contributed by atoms with Crippen LogP contribution in [0.1, 0.15) is 35.4 Å². The lowest BCUT2D eigenvalue weighted by Gasteiger charge is -2.33. The Balaban J connectivity index is 1.26. The van der Waals surface area contributed by atoms with E-state index in [0.29, 0.717) is 43.4 Å². The van der Waals surface area contributed by atoms with Crippen LogP contribution in [0.25, 0.3) is 11.6 Å². The Labute approximate surface area is 211 Å². The van der Waals surface area contributed by atoms with Crippen molar-refractivity contribution < 1.29 is 21.6 Å². The molecule has 0 saturated carbocycles. The highest BCUT2D eigenvalue weighted by Crippen LogP contribution is 2.36. The van der Waals surface area contributed by atoms with Crippen molar-refractivity contribution in [2.75, 3.05) is 18.0 Å².